The number of hydrogen-bond donors (Lipinski definition) is 0. The van der Waals surface area contributed by atoms with Crippen molar-refractivity contribution in [2.45, 2.75) is 51.4 Å². The van der Waals surface area contributed by atoms with E-state index in [1.165, 1.54) is 70.2 Å². The molecule has 0 amide bonds. The molecule has 0 N–H and O–H groups in total. The summed E-state index contributed by atoms with van der Waals surface area (Å²) in [6, 6.07) is 0. The Hall–Kier alpha value is -0.720. The molecular weight excluding hydrogens is 242 g/mol. The lowest BCUT2D eigenvalue weighted by Crippen LogP contribution is -2.29. The Morgan fingerprint density at radius 3 is 2.55 bits per heavy atom. The van der Waals surface area contributed by atoms with Crippen LogP contribution in [-0.2, 0) is 0 Å². The van der Waals surface area contributed by atoms with Crippen molar-refractivity contribution in [1.82, 2.24) is 4.90 Å². The lowest BCUT2D eigenvalue weighted by atomic mass is 9.89. The summed E-state index contributed by atoms with van der Waals surface area (Å²) in [5.41, 5.74) is 1.49. The quantitative estimate of drug-likeness (QED) is 0.611. The molecule has 0 aliphatic heterocycles. The van der Waals surface area contributed by atoms with E-state index in [1.54, 1.807) is 0 Å². The minimum Gasteiger partial charge on any atom is -0.375 e. The Morgan fingerprint density at radius 2 is 1.90 bits per heavy atom. The van der Waals surface area contributed by atoms with Gasteiger partial charge in [-0.2, -0.15) is 0 Å². The van der Waals surface area contributed by atoms with Crippen molar-refractivity contribution in [3.8, 4) is 0 Å². The molecule has 0 saturated heterocycles. The maximum absolute atomic E-state index is 4.43. The highest BCUT2D eigenvalue weighted by atomic mass is 15.2. The van der Waals surface area contributed by atoms with Crippen molar-refractivity contribution in [3.63, 3.8) is 0 Å². The van der Waals surface area contributed by atoms with Crippen LogP contribution < -0.4 is 0 Å². The molecule has 4 aliphatic carbocycles. The number of rotatable bonds is 7. The highest BCUT2D eigenvalue weighted by Crippen LogP contribution is 2.50. The molecule has 0 spiro atoms. The maximum atomic E-state index is 4.43. The summed E-state index contributed by atoms with van der Waals surface area (Å²) in [4.78, 5) is 2.71. The zero-order valence-electron chi connectivity index (χ0n) is 12.8. The molecule has 3 atom stereocenters. The molecule has 4 rings (SSSR count). The van der Waals surface area contributed by atoms with Gasteiger partial charge in [0.05, 0.1) is 0 Å². The second kappa shape index (κ2) is 5.24. The standard InChI is InChI=1S/C19H29N/c1-14(16-9-10-16)20(12-15-7-8-15)13-18-11-19(18)17-5-3-2-4-6-17/h2-3,15-19H,1,4-13H2. The van der Waals surface area contributed by atoms with E-state index in [2.05, 4.69) is 23.6 Å². The molecule has 0 aromatic rings. The molecule has 3 fully saturated rings. The van der Waals surface area contributed by atoms with Crippen LogP contribution in [0.25, 0.3) is 0 Å². The van der Waals surface area contributed by atoms with Crippen LogP contribution in [0.15, 0.2) is 24.4 Å². The Morgan fingerprint density at radius 1 is 1.05 bits per heavy atom. The molecule has 3 saturated carbocycles. The lowest BCUT2D eigenvalue weighted by Gasteiger charge is -2.28. The fourth-order valence-corrected chi connectivity index (χ4v) is 4.14. The van der Waals surface area contributed by atoms with Gasteiger partial charge >= 0.3 is 0 Å². The van der Waals surface area contributed by atoms with Crippen LogP contribution in [0.5, 0.6) is 0 Å². The van der Waals surface area contributed by atoms with Gasteiger partial charge in [0.1, 0.15) is 0 Å². The maximum Gasteiger partial charge on any atom is 0.0206 e. The van der Waals surface area contributed by atoms with Crippen LogP contribution in [0.3, 0.4) is 0 Å². The van der Waals surface area contributed by atoms with Gasteiger partial charge in [-0.25, -0.2) is 0 Å². The van der Waals surface area contributed by atoms with E-state index < -0.39 is 0 Å². The summed E-state index contributed by atoms with van der Waals surface area (Å²) < 4.78 is 0. The normalized spacial score (nSPS) is 35.9. The zero-order valence-corrected chi connectivity index (χ0v) is 12.8. The Labute approximate surface area is 124 Å². The van der Waals surface area contributed by atoms with Crippen LogP contribution >= 0.6 is 0 Å². The summed E-state index contributed by atoms with van der Waals surface area (Å²) >= 11 is 0. The minimum atomic E-state index is 0.851. The van der Waals surface area contributed by atoms with E-state index in [0.717, 1.165) is 29.6 Å². The van der Waals surface area contributed by atoms with Gasteiger partial charge in [0, 0.05) is 18.8 Å². The molecule has 0 aromatic carbocycles. The third kappa shape index (κ3) is 2.97. The molecule has 110 valence electrons. The van der Waals surface area contributed by atoms with Crippen molar-refractivity contribution in [2.24, 2.45) is 29.6 Å². The second-order valence-corrected chi connectivity index (χ2v) is 7.82. The molecule has 0 aromatic heterocycles. The SMILES string of the molecule is C=C(C1CC1)N(CC1CC1)CC1CC1C1CC=CCC1. The van der Waals surface area contributed by atoms with Gasteiger partial charge in [-0.05, 0) is 81.0 Å². The predicted molar refractivity (Wildman–Crippen MR) is 84.2 cm³/mol. The van der Waals surface area contributed by atoms with E-state index in [9.17, 15) is 0 Å². The molecular formula is C19H29N. The molecule has 1 heteroatoms. The predicted octanol–water partition coefficient (Wildman–Crippen LogP) is 4.61. The molecule has 20 heavy (non-hydrogen) atoms. The molecule has 1 nitrogen and oxygen atoms in total. The molecule has 0 radical (unpaired) electrons. The molecule has 0 heterocycles. The first-order valence-corrected chi connectivity index (χ1v) is 8.90. The fraction of sp³-hybridized carbons (Fsp3) is 0.789. The van der Waals surface area contributed by atoms with Gasteiger partial charge in [-0.1, -0.05) is 18.7 Å². The largest absolute Gasteiger partial charge is 0.375 e. The van der Waals surface area contributed by atoms with E-state index in [4.69, 9.17) is 0 Å². The summed E-state index contributed by atoms with van der Waals surface area (Å²) in [5, 5.41) is 0. The van der Waals surface area contributed by atoms with E-state index in [-0.39, 0.29) is 0 Å². The van der Waals surface area contributed by atoms with E-state index >= 15 is 0 Å². The Balaban J connectivity index is 1.31. The van der Waals surface area contributed by atoms with Crippen LogP contribution in [0.1, 0.15) is 51.4 Å². The van der Waals surface area contributed by atoms with Crippen molar-refractivity contribution in [2.75, 3.05) is 13.1 Å². The molecule has 0 bridgehead atoms. The average molecular weight is 271 g/mol. The van der Waals surface area contributed by atoms with Gasteiger partial charge in [-0.3, -0.25) is 0 Å². The number of hydrogen-bond acceptors (Lipinski definition) is 1. The van der Waals surface area contributed by atoms with Crippen molar-refractivity contribution in [3.05, 3.63) is 24.4 Å². The van der Waals surface area contributed by atoms with Crippen LogP contribution in [0.2, 0.25) is 0 Å². The van der Waals surface area contributed by atoms with Gasteiger partial charge in [0.2, 0.25) is 0 Å². The molecule has 4 aliphatic rings. The third-order valence-electron chi connectivity index (χ3n) is 5.98. The summed E-state index contributed by atoms with van der Waals surface area (Å²) in [6.45, 7) is 7.08. The highest BCUT2D eigenvalue weighted by molar-refractivity contribution is 5.09. The Kier molecular flexibility index (Phi) is 3.40. The van der Waals surface area contributed by atoms with Gasteiger partial charge < -0.3 is 4.90 Å². The zero-order chi connectivity index (χ0) is 13.5. The average Bonchev–Trinajstić information content (AvgIpc) is 3.34. The monoisotopic (exact) mass is 271 g/mol. The van der Waals surface area contributed by atoms with Crippen LogP contribution in [0, 0.1) is 29.6 Å². The van der Waals surface area contributed by atoms with Gasteiger partial charge in [0.25, 0.3) is 0 Å². The lowest BCUT2D eigenvalue weighted by molar-refractivity contribution is 0.283. The van der Waals surface area contributed by atoms with Gasteiger partial charge in [-0.15, -0.1) is 0 Å². The summed E-state index contributed by atoms with van der Waals surface area (Å²) in [5.74, 6) is 4.88. The second-order valence-electron chi connectivity index (χ2n) is 7.82. The highest BCUT2D eigenvalue weighted by Gasteiger charge is 2.44. The van der Waals surface area contributed by atoms with Crippen molar-refractivity contribution < 1.29 is 0 Å². The van der Waals surface area contributed by atoms with Crippen molar-refractivity contribution in [1.29, 1.82) is 0 Å². The topological polar surface area (TPSA) is 3.24 Å². The minimum absolute atomic E-state index is 0.851. The van der Waals surface area contributed by atoms with Gasteiger partial charge in [0.15, 0.2) is 0 Å². The molecule has 3 unspecified atom stereocenters. The number of nitrogens with zero attached hydrogens (tertiary/aromatic N) is 1. The van der Waals surface area contributed by atoms with Crippen LogP contribution in [0.4, 0.5) is 0 Å². The van der Waals surface area contributed by atoms with Crippen molar-refractivity contribution >= 4 is 0 Å². The third-order valence-corrected chi connectivity index (χ3v) is 5.98. The summed E-state index contributed by atoms with van der Waals surface area (Å²) in [7, 11) is 0. The fourth-order valence-electron chi connectivity index (χ4n) is 4.14. The van der Waals surface area contributed by atoms with Crippen LogP contribution in [-0.4, -0.2) is 18.0 Å². The first-order chi connectivity index (χ1) is 9.81. The summed E-state index contributed by atoms with van der Waals surface area (Å²) in [6.07, 6.45) is 16.2. The Bertz CT molecular complexity index is 402. The van der Waals surface area contributed by atoms with E-state index in [0.29, 0.717) is 0 Å². The smallest absolute Gasteiger partial charge is 0.0206 e. The van der Waals surface area contributed by atoms with E-state index in [1.807, 2.05) is 0 Å². The first kappa shape index (κ1) is 13.0. The number of allylic oxidation sites excluding steroid dienone is 3. The first-order valence-electron chi connectivity index (χ1n) is 8.90.